The van der Waals surface area contributed by atoms with Crippen molar-refractivity contribution in [1.29, 1.82) is 0 Å². The van der Waals surface area contributed by atoms with Gasteiger partial charge < -0.3 is 9.67 Å². The lowest BCUT2D eigenvalue weighted by Crippen LogP contribution is -1.93. The number of rotatable bonds is 1. The minimum absolute atomic E-state index is 0.293. The normalized spacial score (nSPS) is 11.1. The summed E-state index contributed by atoms with van der Waals surface area (Å²) in [6, 6.07) is 11.8. The molecule has 19 heavy (non-hydrogen) atoms. The smallest absolute Gasteiger partial charge is 0.141 e. The number of aryl methyl sites for hydroxylation is 2. The van der Waals surface area contributed by atoms with Crippen LogP contribution in [0.1, 0.15) is 5.56 Å². The van der Waals surface area contributed by atoms with Crippen molar-refractivity contribution >= 4 is 33.6 Å². The molecule has 0 fully saturated rings. The Labute approximate surface area is 125 Å². The zero-order valence-corrected chi connectivity index (χ0v) is 12.8. The number of nitrogens with zero attached hydrogens (tertiary/aromatic N) is 2. The van der Waals surface area contributed by atoms with Crippen molar-refractivity contribution in [2.45, 2.75) is 6.92 Å². The first-order valence-corrected chi connectivity index (χ1v) is 7.07. The highest BCUT2D eigenvalue weighted by Crippen LogP contribution is 2.29. The van der Waals surface area contributed by atoms with E-state index in [1.807, 2.05) is 31.3 Å². The van der Waals surface area contributed by atoms with Crippen LogP contribution in [0.3, 0.4) is 0 Å². The Morgan fingerprint density at radius 3 is 2.68 bits per heavy atom. The molecule has 3 aromatic rings. The highest BCUT2D eigenvalue weighted by molar-refractivity contribution is 14.1. The van der Waals surface area contributed by atoms with Crippen molar-refractivity contribution < 1.29 is 5.11 Å². The number of aromatic nitrogens is 2. The molecule has 1 aromatic heterocycles. The van der Waals surface area contributed by atoms with E-state index in [0.29, 0.717) is 5.75 Å². The van der Waals surface area contributed by atoms with Gasteiger partial charge in [-0.3, -0.25) is 0 Å². The summed E-state index contributed by atoms with van der Waals surface area (Å²) >= 11 is 2.11. The van der Waals surface area contributed by atoms with Crippen LogP contribution in [0.4, 0.5) is 0 Å². The second-order valence-corrected chi connectivity index (χ2v) is 5.77. The Kier molecular flexibility index (Phi) is 2.97. The molecular formula is C15H13IN2O. The lowest BCUT2D eigenvalue weighted by molar-refractivity contribution is 0.471. The van der Waals surface area contributed by atoms with Gasteiger partial charge in [0.25, 0.3) is 0 Å². The Balaban J connectivity index is 2.28. The first-order valence-electron chi connectivity index (χ1n) is 5.99. The van der Waals surface area contributed by atoms with Gasteiger partial charge >= 0.3 is 0 Å². The average molecular weight is 364 g/mol. The van der Waals surface area contributed by atoms with Crippen LogP contribution in [0.15, 0.2) is 36.4 Å². The van der Waals surface area contributed by atoms with Gasteiger partial charge in [0, 0.05) is 12.6 Å². The van der Waals surface area contributed by atoms with E-state index in [4.69, 9.17) is 0 Å². The molecule has 1 N–H and O–H groups in total. The van der Waals surface area contributed by atoms with Gasteiger partial charge in [-0.25, -0.2) is 4.98 Å². The molecular weight excluding hydrogens is 351 g/mol. The fourth-order valence-corrected chi connectivity index (χ4v) is 2.71. The van der Waals surface area contributed by atoms with Gasteiger partial charge in [-0.2, -0.15) is 0 Å². The van der Waals surface area contributed by atoms with Crippen LogP contribution in [0.5, 0.6) is 5.75 Å². The van der Waals surface area contributed by atoms with E-state index in [1.54, 1.807) is 6.07 Å². The molecule has 4 heteroatoms. The lowest BCUT2D eigenvalue weighted by atomic mass is 10.2. The van der Waals surface area contributed by atoms with Crippen LogP contribution < -0.4 is 0 Å². The molecule has 3 rings (SSSR count). The van der Waals surface area contributed by atoms with Gasteiger partial charge in [0.05, 0.1) is 14.6 Å². The van der Waals surface area contributed by atoms with Crippen molar-refractivity contribution in [2.24, 2.45) is 7.05 Å². The van der Waals surface area contributed by atoms with Gasteiger partial charge in [0.1, 0.15) is 11.6 Å². The fraction of sp³-hybridized carbons (Fsp3) is 0.133. The molecule has 0 saturated heterocycles. The third kappa shape index (κ3) is 2.00. The third-order valence-corrected chi connectivity index (χ3v) is 4.21. The summed E-state index contributed by atoms with van der Waals surface area (Å²) in [4.78, 5) is 4.66. The molecule has 1 heterocycles. The molecule has 0 radical (unpaired) electrons. The SMILES string of the molecule is Cc1cccc2nc(-c3ccc(I)c(O)c3)n(C)c12. The Morgan fingerprint density at radius 2 is 2.00 bits per heavy atom. The zero-order valence-electron chi connectivity index (χ0n) is 10.7. The van der Waals surface area contributed by atoms with Gasteiger partial charge in [0.15, 0.2) is 0 Å². The van der Waals surface area contributed by atoms with E-state index >= 15 is 0 Å². The highest BCUT2D eigenvalue weighted by atomic mass is 127. The molecule has 0 atom stereocenters. The number of phenolic OH excluding ortho intramolecular Hbond substituents is 1. The summed E-state index contributed by atoms with van der Waals surface area (Å²) in [5.41, 5.74) is 4.25. The topological polar surface area (TPSA) is 38.1 Å². The Morgan fingerprint density at radius 1 is 1.21 bits per heavy atom. The quantitative estimate of drug-likeness (QED) is 0.666. The number of phenols is 1. The third-order valence-electron chi connectivity index (χ3n) is 3.30. The maximum Gasteiger partial charge on any atom is 0.141 e. The van der Waals surface area contributed by atoms with Gasteiger partial charge in [-0.15, -0.1) is 0 Å². The maximum absolute atomic E-state index is 9.84. The minimum atomic E-state index is 0.293. The number of benzene rings is 2. The van der Waals surface area contributed by atoms with Crippen LogP contribution >= 0.6 is 22.6 Å². The molecule has 0 aliphatic heterocycles. The number of hydrogen-bond acceptors (Lipinski definition) is 2. The molecule has 3 nitrogen and oxygen atoms in total. The van der Waals surface area contributed by atoms with Crippen LogP contribution in [-0.4, -0.2) is 14.7 Å². The predicted molar refractivity (Wildman–Crippen MR) is 85.3 cm³/mol. The number of aromatic hydroxyl groups is 1. The number of halogens is 1. The summed E-state index contributed by atoms with van der Waals surface area (Å²) in [5.74, 6) is 1.16. The van der Waals surface area contributed by atoms with Gasteiger partial charge in [-0.05, 0) is 59.3 Å². The average Bonchev–Trinajstić information content (AvgIpc) is 2.72. The molecule has 0 bridgehead atoms. The number of imidazole rings is 1. The summed E-state index contributed by atoms with van der Waals surface area (Å²) < 4.78 is 2.92. The molecule has 0 aliphatic rings. The molecule has 0 saturated carbocycles. The minimum Gasteiger partial charge on any atom is -0.507 e. The van der Waals surface area contributed by atoms with E-state index in [-0.39, 0.29) is 0 Å². The molecule has 0 spiro atoms. The Bertz CT molecular complexity index is 777. The van der Waals surface area contributed by atoms with Gasteiger partial charge in [0.2, 0.25) is 0 Å². The van der Waals surface area contributed by atoms with Crippen molar-refractivity contribution in [3.63, 3.8) is 0 Å². The molecule has 0 amide bonds. The molecule has 2 aromatic carbocycles. The summed E-state index contributed by atoms with van der Waals surface area (Å²) in [7, 11) is 2.01. The molecule has 0 unspecified atom stereocenters. The zero-order chi connectivity index (χ0) is 13.6. The van der Waals surface area contributed by atoms with Crippen molar-refractivity contribution in [3.05, 3.63) is 45.5 Å². The van der Waals surface area contributed by atoms with Crippen LogP contribution in [0.2, 0.25) is 0 Å². The van der Waals surface area contributed by atoms with E-state index in [9.17, 15) is 5.11 Å². The van der Waals surface area contributed by atoms with Crippen molar-refractivity contribution in [2.75, 3.05) is 0 Å². The second kappa shape index (κ2) is 4.52. The van der Waals surface area contributed by atoms with Crippen molar-refractivity contribution in [1.82, 2.24) is 9.55 Å². The van der Waals surface area contributed by atoms with Gasteiger partial charge in [-0.1, -0.05) is 12.1 Å². The molecule has 0 aliphatic carbocycles. The Hall–Kier alpha value is -1.56. The van der Waals surface area contributed by atoms with Crippen molar-refractivity contribution in [3.8, 4) is 17.1 Å². The second-order valence-electron chi connectivity index (χ2n) is 4.60. The molecule has 96 valence electrons. The number of hydrogen-bond donors (Lipinski definition) is 1. The van der Waals surface area contributed by atoms with Crippen LogP contribution in [0.25, 0.3) is 22.4 Å². The maximum atomic E-state index is 9.84. The summed E-state index contributed by atoms with van der Waals surface area (Å²) in [6.45, 7) is 2.08. The largest absolute Gasteiger partial charge is 0.507 e. The number of para-hydroxylation sites is 1. The monoisotopic (exact) mass is 364 g/mol. The summed E-state index contributed by atoms with van der Waals surface area (Å²) in [5, 5.41) is 9.84. The highest BCUT2D eigenvalue weighted by Gasteiger charge is 2.12. The summed E-state index contributed by atoms with van der Waals surface area (Å²) in [6.07, 6.45) is 0. The van der Waals surface area contributed by atoms with Crippen LogP contribution in [0, 0.1) is 10.5 Å². The van der Waals surface area contributed by atoms with Crippen LogP contribution in [-0.2, 0) is 7.05 Å². The lowest BCUT2D eigenvalue weighted by Gasteiger charge is -2.05. The van der Waals surface area contributed by atoms with E-state index in [1.165, 1.54) is 5.56 Å². The standard InChI is InChI=1S/C15H13IN2O/c1-9-4-3-5-12-14(9)18(2)15(17-12)10-6-7-11(16)13(19)8-10/h3-8,19H,1-2H3. The fourth-order valence-electron chi connectivity index (χ4n) is 2.38. The first-order chi connectivity index (χ1) is 9.08. The first kappa shape index (κ1) is 12.5. The van der Waals surface area contributed by atoms with E-state index < -0.39 is 0 Å². The van der Waals surface area contributed by atoms with E-state index in [0.717, 1.165) is 26.0 Å². The van der Waals surface area contributed by atoms with E-state index in [2.05, 4.69) is 45.1 Å². The predicted octanol–water partition coefficient (Wildman–Crippen LogP) is 3.86. The number of fused-ring (bicyclic) bond motifs is 1.